The lowest BCUT2D eigenvalue weighted by atomic mass is 10.2. The third kappa shape index (κ3) is 3.18. The number of esters is 1. The third-order valence-electron chi connectivity index (χ3n) is 2.34. The Morgan fingerprint density at radius 1 is 1.21 bits per heavy atom. The lowest BCUT2D eigenvalue weighted by Gasteiger charge is -2.06. The minimum absolute atomic E-state index is 0.101. The monoisotopic (exact) mass is 319 g/mol. The molecule has 0 heterocycles. The normalized spacial score (nSPS) is 9.74. The highest BCUT2D eigenvalue weighted by molar-refractivity contribution is 9.10. The van der Waals surface area contributed by atoms with E-state index in [2.05, 4.69) is 15.9 Å². The van der Waals surface area contributed by atoms with Crippen molar-refractivity contribution in [2.24, 2.45) is 0 Å². The molecule has 0 aliphatic carbocycles. The molecule has 0 aliphatic rings. The van der Waals surface area contributed by atoms with Crippen LogP contribution >= 0.6 is 15.9 Å². The van der Waals surface area contributed by atoms with Gasteiger partial charge in [-0.25, -0.2) is 9.18 Å². The first kappa shape index (κ1) is 13.2. The molecule has 0 saturated carbocycles. The van der Waals surface area contributed by atoms with Crippen molar-refractivity contribution >= 4 is 21.9 Å². The van der Waals surface area contributed by atoms with E-state index in [1.165, 1.54) is 36.4 Å². The second-order valence-electron chi connectivity index (χ2n) is 3.65. The van der Waals surface area contributed by atoms with Crippen molar-refractivity contribution in [2.75, 3.05) is 0 Å². The molecule has 2 aromatic carbocycles. The van der Waals surface area contributed by atoms with Crippen LogP contribution in [0.3, 0.4) is 0 Å². The molecule has 2 rings (SSSR count). The predicted octanol–water partition coefficient (Wildman–Crippen LogP) is 3.68. The number of hydrogen-bond donors (Lipinski definition) is 0. The van der Waals surface area contributed by atoms with E-state index in [0.29, 0.717) is 15.8 Å². The summed E-state index contributed by atoms with van der Waals surface area (Å²) in [5, 5.41) is 8.65. The number of carbonyl (C=O) groups excluding carboxylic acids is 1. The van der Waals surface area contributed by atoms with Gasteiger partial charge in [0.15, 0.2) is 0 Å². The van der Waals surface area contributed by atoms with Crippen molar-refractivity contribution in [1.82, 2.24) is 0 Å². The van der Waals surface area contributed by atoms with Crippen molar-refractivity contribution < 1.29 is 13.9 Å². The van der Waals surface area contributed by atoms with Crippen LogP contribution in [0.4, 0.5) is 4.39 Å². The van der Waals surface area contributed by atoms with Gasteiger partial charge in [-0.1, -0.05) is 0 Å². The molecule has 5 heteroatoms. The van der Waals surface area contributed by atoms with Gasteiger partial charge in [0, 0.05) is 4.47 Å². The Balaban J connectivity index is 2.21. The zero-order chi connectivity index (χ0) is 13.8. The highest BCUT2D eigenvalue weighted by atomic mass is 79.9. The zero-order valence-electron chi connectivity index (χ0n) is 9.56. The number of carbonyl (C=O) groups is 1. The van der Waals surface area contributed by atoms with Crippen molar-refractivity contribution in [3.8, 4) is 11.8 Å². The third-order valence-corrected chi connectivity index (χ3v) is 3.03. The van der Waals surface area contributed by atoms with Gasteiger partial charge in [0.2, 0.25) is 0 Å². The maximum Gasteiger partial charge on any atom is 0.344 e. The SMILES string of the molecule is N#Cc1ccc(OC(=O)c2cc(F)ccc2Br)cc1. The van der Waals surface area contributed by atoms with Crippen LogP contribution in [0.5, 0.6) is 5.75 Å². The van der Waals surface area contributed by atoms with Gasteiger partial charge in [-0.3, -0.25) is 0 Å². The van der Waals surface area contributed by atoms with Gasteiger partial charge in [-0.15, -0.1) is 0 Å². The molecule has 0 fully saturated rings. The average Bonchev–Trinajstić information content (AvgIpc) is 2.42. The molecule has 2 aromatic rings. The Bertz CT molecular complexity index is 662. The molecule has 0 aromatic heterocycles. The molecule has 0 atom stereocenters. The fourth-order valence-electron chi connectivity index (χ4n) is 1.41. The van der Waals surface area contributed by atoms with Gasteiger partial charge in [0.05, 0.1) is 17.2 Å². The Kier molecular flexibility index (Phi) is 3.93. The second-order valence-corrected chi connectivity index (χ2v) is 4.50. The molecule has 0 unspecified atom stereocenters. The largest absolute Gasteiger partial charge is 0.423 e. The summed E-state index contributed by atoms with van der Waals surface area (Å²) in [6.45, 7) is 0. The van der Waals surface area contributed by atoms with E-state index in [0.717, 1.165) is 6.07 Å². The van der Waals surface area contributed by atoms with E-state index < -0.39 is 11.8 Å². The van der Waals surface area contributed by atoms with Crippen LogP contribution < -0.4 is 4.74 Å². The molecule has 94 valence electrons. The summed E-state index contributed by atoms with van der Waals surface area (Å²) in [6.07, 6.45) is 0. The van der Waals surface area contributed by atoms with Crippen LogP contribution in [0.2, 0.25) is 0 Å². The highest BCUT2D eigenvalue weighted by Crippen LogP contribution is 2.20. The molecule has 0 amide bonds. The summed E-state index contributed by atoms with van der Waals surface area (Å²) in [5.74, 6) is -0.897. The number of rotatable bonds is 2. The Morgan fingerprint density at radius 2 is 1.89 bits per heavy atom. The number of ether oxygens (including phenoxy) is 1. The number of benzene rings is 2. The Labute approximate surface area is 117 Å². The molecule has 0 saturated heterocycles. The molecule has 3 nitrogen and oxygen atoms in total. The molecule has 0 spiro atoms. The lowest BCUT2D eigenvalue weighted by molar-refractivity contribution is 0.0733. The number of hydrogen-bond acceptors (Lipinski definition) is 3. The fraction of sp³-hybridized carbons (Fsp3) is 0. The first-order valence-electron chi connectivity index (χ1n) is 5.27. The topological polar surface area (TPSA) is 50.1 Å². The van der Waals surface area contributed by atoms with Crippen LogP contribution in [0.1, 0.15) is 15.9 Å². The lowest BCUT2D eigenvalue weighted by Crippen LogP contribution is -2.09. The van der Waals surface area contributed by atoms with Crippen LogP contribution in [-0.2, 0) is 0 Å². The van der Waals surface area contributed by atoms with Gasteiger partial charge in [0.1, 0.15) is 11.6 Å². The summed E-state index contributed by atoms with van der Waals surface area (Å²) in [6, 6.07) is 11.8. The van der Waals surface area contributed by atoms with Gasteiger partial charge in [-0.05, 0) is 58.4 Å². The molecule has 0 radical (unpaired) electrons. The quantitative estimate of drug-likeness (QED) is 0.626. The van der Waals surface area contributed by atoms with E-state index in [4.69, 9.17) is 10.00 Å². The summed E-state index contributed by atoms with van der Waals surface area (Å²) in [4.78, 5) is 11.9. The van der Waals surface area contributed by atoms with Crippen LogP contribution in [0, 0.1) is 17.1 Å². The predicted molar refractivity (Wildman–Crippen MR) is 70.2 cm³/mol. The zero-order valence-corrected chi connectivity index (χ0v) is 11.1. The van der Waals surface area contributed by atoms with E-state index in [9.17, 15) is 9.18 Å². The van der Waals surface area contributed by atoms with Gasteiger partial charge >= 0.3 is 5.97 Å². The minimum atomic E-state index is -0.670. The van der Waals surface area contributed by atoms with E-state index >= 15 is 0 Å². The van der Waals surface area contributed by atoms with Crippen molar-refractivity contribution in [3.63, 3.8) is 0 Å². The summed E-state index contributed by atoms with van der Waals surface area (Å²) in [5.41, 5.74) is 0.566. The van der Waals surface area contributed by atoms with E-state index in [-0.39, 0.29) is 5.56 Å². The van der Waals surface area contributed by atoms with Crippen LogP contribution in [0.25, 0.3) is 0 Å². The molecule has 0 N–H and O–H groups in total. The van der Waals surface area contributed by atoms with Gasteiger partial charge in [0.25, 0.3) is 0 Å². The van der Waals surface area contributed by atoms with E-state index in [1.807, 2.05) is 6.07 Å². The highest BCUT2D eigenvalue weighted by Gasteiger charge is 2.13. The summed E-state index contributed by atoms with van der Waals surface area (Å²) >= 11 is 3.16. The smallest absolute Gasteiger partial charge is 0.344 e. The fourth-order valence-corrected chi connectivity index (χ4v) is 1.82. The Hall–Kier alpha value is -2.19. The average molecular weight is 320 g/mol. The molecular weight excluding hydrogens is 313 g/mol. The van der Waals surface area contributed by atoms with Gasteiger partial charge in [-0.2, -0.15) is 5.26 Å². The molecule has 0 bridgehead atoms. The maximum absolute atomic E-state index is 13.1. The van der Waals surface area contributed by atoms with Crippen LogP contribution in [0.15, 0.2) is 46.9 Å². The molecule has 19 heavy (non-hydrogen) atoms. The molecular formula is C14H7BrFNO2. The Morgan fingerprint density at radius 3 is 2.53 bits per heavy atom. The first-order valence-corrected chi connectivity index (χ1v) is 6.07. The van der Waals surface area contributed by atoms with Crippen molar-refractivity contribution in [3.05, 3.63) is 63.9 Å². The maximum atomic E-state index is 13.1. The van der Waals surface area contributed by atoms with Crippen molar-refractivity contribution in [2.45, 2.75) is 0 Å². The van der Waals surface area contributed by atoms with E-state index in [1.54, 1.807) is 0 Å². The summed E-state index contributed by atoms with van der Waals surface area (Å²) in [7, 11) is 0. The van der Waals surface area contributed by atoms with Crippen LogP contribution in [-0.4, -0.2) is 5.97 Å². The first-order chi connectivity index (χ1) is 9.10. The van der Waals surface area contributed by atoms with Crippen molar-refractivity contribution in [1.29, 1.82) is 5.26 Å². The van der Waals surface area contributed by atoms with Gasteiger partial charge < -0.3 is 4.74 Å². The number of nitrogens with zero attached hydrogens (tertiary/aromatic N) is 1. The number of halogens is 2. The minimum Gasteiger partial charge on any atom is -0.423 e. The summed E-state index contributed by atoms with van der Waals surface area (Å²) < 4.78 is 18.6. The number of nitriles is 1. The second kappa shape index (κ2) is 5.63. The molecule has 0 aliphatic heterocycles. The standard InChI is InChI=1S/C14H7BrFNO2/c15-13-6-3-10(16)7-12(13)14(18)19-11-4-1-9(8-17)2-5-11/h1-7H.